The molecule has 90 valence electrons. The SMILES string of the molecule is CC(C)C1C[C@@H](S(=O)(=O)C(C)C)CCN1. The van der Waals surface area contributed by atoms with Gasteiger partial charge in [0, 0.05) is 6.04 Å². The molecule has 0 radical (unpaired) electrons. The summed E-state index contributed by atoms with van der Waals surface area (Å²) in [5.74, 6) is 0.509. The first kappa shape index (κ1) is 13.0. The first-order valence-electron chi connectivity index (χ1n) is 5.81. The van der Waals surface area contributed by atoms with Crippen LogP contribution < -0.4 is 5.32 Å². The van der Waals surface area contributed by atoms with Crippen molar-refractivity contribution in [3.8, 4) is 0 Å². The highest BCUT2D eigenvalue weighted by molar-refractivity contribution is 7.92. The highest BCUT2D eigenvalue weighted by atomic mass is 32.2. The van der Waals surface area contributed by atoms with Crippen molar-refractivity contribution in [2.45, 2.75) is 57.1 Å². The van der Waals surface area contributed by atoms with E-state index in [1.807, 2.05) is 0 Å². The molecule has 1 heterocycles. The van der Waals surface area contributed by atoms with Crippen molar-refractivity contribution in [2.75, 3.05) is 6.54 Å². The van der Waals surface area contributed by atoms with Crippen LogP contribution in [-0.4, -0.2) is 31.5 Å². The second-order valence-electron chi connectivity index (χ2n) is 5.09. The van der Waals surface area contributed by atoms with Crippen LogP contribution in [0.1, 0.15) is 40.5 Å². The molecule has 0 aromatic carbocycles. The summed E-state index contributed by atoms with van der Waals surface area (Å²) in [6, 6.07) is 0.359. The highest BCUT2D eigenvalue weighted by Gasteiger charge is 2.34. The van der Waals surface area contributed by atoms with E-state index < -0.39 is 9.84 Å². The first-order chi connectivity index (χ1) is 6.85. The maximum atomic E-state index is 12.0. The predicted octanol–water partition coefficient (Wildman–Crippen LogP) is 1.59. The van der Waals surface area contributed by atoms with Crippen LogP contribution in [-0.2, 0) is 9.84 Å². The topological polar surface area (TPSA) is 46.2 Å². The summed E-state index contributed by atoms with van der Waals surface area (Å²) < 4.78 is 24.1. The molecular weight excluding hydrogens is 210 g/mol. The first-order valence-corrected chi connectivity index (χ1v) is 7.42. The highest BCUT2D eigenvalue weighted by Crippen LogP contribution is 2.23. The van der Waals surface area contributed by atoms with Gasteiger partial charge in [-0.25, -0.2) is 8.42 Å². The molecule has 0 amide bonds. The second kappa shape index (κ2) is 4.83. The number of nitrogens with one attached hydrogen (secondary N) is 1. The summed E-state index contributed by atoms with van der Waals surface area (Å²) in [7, 11) is -2.91. The fourth-order valence-electron chi connectivity index (χ4n) is 2.11. The van der Waals surface area contributed by atoms with E-state index in [0.29, 0.717) is 12.0 Å². The van der Waals surface area contributed by atoms with Gasteiger partial charge in [-0.1, -0.05) is 13.8 Å². The minimum absolute atomic E-state index is 0.133. The number of piperidine rings is 1. The molecule has 0 saturated carbocycles. The lowest BCUT2D eigenvalue weighted by Gasteiger charge is -2.33. The number of hydrogen-bond donors (Lipinski definition) is 1. The Kier molecular flexibility index (Phi) is 4.18. The summed E-state index contributed by atoms with van der Waals surface area (Å²) >= 11 is 0. The Morgan fingerprint density at radius 2 is 1.80 bits per heavy atom. The van der Waals surface area contributed by atoms with Crippen LogP contribution in [0.4, 0.5) is 0 Å². The summed E-state index contributed by atoms with van der Waals surface area (Å²) in [6.45, 7) is 8.67. The molecule has 0 spiro atoms. The van der Waals surface area contributed by atoms with E-state index in [0.717, 1.165) is 19.4 Å². The fourth-order valence-corrected chi connectivity index (χ4v) is 3.80. The molecule has 0 bridgehead atoms. The molecular formula is C11H23NO2S. The van der Waals surface area contributed by atoms with Crippen LogP contribution in [0, 0.1) is 5.92 Å². The third kappa shape index (κ3) is 2.94. The monoisotopic (exact) mass is 233 g/mol. The second-order valence-corrected chi connectivity index (χ2v) is 7.88. The smallest absolute Gasteiger partial charge is 0.155 e. The van der Waals surface area contributed by atoms with Crippen molar-refractivity contribution in [2.24, 2.45) is 5.92 Å². The van der Waals surface area contributed by atoms with Gasteiger partial charge in [-0.3, -0.25) is 0 Å². The van der Waals surface area contributed by atoms with E-state index in [4.69, 9.17) is 0 Å². The average Bonchev–Trinajstić information content (AvgIpc) is 2.17. The van der Waals surface area contributed by atoms with Crippen LogP contribution in [0.5, 0.6) is 0 Å². The molecule has 3 nitrogen and oxygen atoms in total. The van der Waals surface area contributed by atoms with Gasteiger partial charge in [0.25, 0.3) is 0 Å². The minimum Gasteiger partial charge on any atom is -0.314 e. The molecule has 4 heteroatoms. The third-order valence-corrected chi connectivity index (χ3v) is 5.99. The Labute approximate surface area is 93.6 Å². The van der Waals surface area contributed by atoms with Crippen molar-refractivity contribution in [3.63, 3.8) is 0 Å². The molecule has 15 heavy (non-hydrogen) atoms. The lowest BCUT2D eigenvalue weighted by atomic mass is 9.95. The Balaban J connectivity index is 2.72. The average molecular weight is 233 g/mol. The van der Waals surface area contributed by atoms with Crippen molar-refractivity contribution in [1.82, 2.24) is 5.32 Å². The molecule has 1 aliphatic rings. The normalized spacial score (nSPS) is 28.7. The largest absolute Gasteiger partial charge is 0.314 e. The zero-order valence-corrected chi connectivity index (χ0v) is 11.0. The maximum Gasteiger partial charge on any atom is 0.155 e. The molecule has 1 saturated heterocycles. The van der Waals surface area contributed by atoms with E-state index in [1.165, 1.54) is 0 Å². The van der Waals surface area contributed by atoms with Gasteiger partial charge in [-0.15, -0.1) is 0 Å². The zero-order valence-electron chi connectivity index (χ0n) is 10.2. The van der Waals surface area contributed by atoms with E-state index in [-0.39, 0.29) is 10.5 Å². The van der Waals surface area contributed by atoms with Gasteiger partial charge in [0.05, 0.1) is 10.5 Å². The Bertz CT molecular complexity index is 296. The van der Waals surface area contributed by atoms with Crippen LogP contribution in [0.15, 0.2) is 0 Å². The fraction of sp³-hybridized carbons (Fsp3) is 1.00. The molecule has 1 unspecified atom stereocenters. The van der Waals surface area contributed by atoms with E-state index >= 15 is 0 Å². The van der Waals surface area contributed by atoms with E-state index in [2.05, 4.69) is 19.2 Å². The van der Waals surface area contributed by atoms with Gasteiger partial charge in [0.15, 0.2) is 9.84 Å². The van der Waals surface area contributed by atoms with Crippen molar-refractivity contribution in [3.05, 3.63) is 0 Å². The van der Waals surface area contributed by atoms with Gasteiger partial charge < -0.3 is 5.32 Å². The lowest BCUT2D eigenvalue weighted by Crippen LogP contribution is -2.47. The minimum atomic E-state index is -2.91. The van der Waals surface area contributed by atoms with Gasteiger partial charge in [-0.05, 0) is 39.2 Å². The van der Waals surface area contributed by atoms with Crippen LogP contribution in [0.3, 0.4) is 0 Å². The van der Waals surface area contributed by atoms with Crippen LogP contribution in [0.2, 0.25) is 0 Å². The number of hydrogen-bond acceptors (Lipinski definition) is 3. The molecule has 0 aliphatic carbocycles. The zero-order chi connectivity index (χ0) is 11.6. The maximum absolute atomic E-state index is 12.0. The summed E-state index contributed by atoms with van der Waals surface area (Å²) in [6.07, 6.45) is 1.54. The third-order valence-electron chi connectivity index (χ3n) is 3.32. The van der Waals surface area contributed by atoms with Crippen LogP contribution in [0.25, 0.3) is 0 Å². The summed E-state index contributed by atoms with van der Waals surface area (Å²) in [5, 5.41) is 3.02. The number of sulfone groups is 1. The molecule has 1 N–H and O–H groups in total. The Hall–Kier alpha value is -0.0900. The molecule has 0 aromatic heterocycles. The number of rotatable bonds is 3. The van der Waals surface area contributed by atoms with Crippen molar-refractivity contribution in [1.29, 1.82) is 0 Å². The molecule has 1 fully saturated rings. The quantitative estimate of drug-likeness (QED) is 0.805. The van der Waals surface area contributed by atoms with Crippen molar-refractivity contribution >= 4 is 9.84 Å². The molecule has 1 aliphatic heterocycles. The van der Waals surface area contributed by atoms with Crippen molar-refractivity contribution < 1.29 is 8.42 Å². The molecule has 1 rings (SSSR count). The molecule has 2 atom stereocenters. The van der Waals surface area contributed by atoms with E-state index in [9.17, 15) is 8.42 Å². The van der Waals surface area contributed by atoms with Crippen LogP contribution >= 0.6 is 0 Å². The van der Waals surface area contributed by atoms with Gasteiger partial charge in [0.2, 0.25) is 0 Å². The summed E-state index contributed by atoms with van der Waals surface area (Å²) in [5.41, 5.74) is 0. The Morgan fingerprint density at radius 3 is 2.27 bits per heavy atom. The standard InChI is InChI=1S/C11H23NO2S/c1-8(2)11-7-10(5-6-12-11)15(13,14)9(3)4/h8-12H,5-7H2,1-4H3/t10-,11?/m0/s1. The summed E-state index contributed by atoms with van der Waals surface area (Å²) in [4.78, 5) is 0. The van der Waals surface area contributed by atoms with Gasteiger partial charge in [-0.2, -0.15) is 0 Å². The lowest BCUT2D eigenvalue weighted by molar-refractivity contribution is 0.325. The predicted molar refractivity (Wildman–Crippen MR) is 63.7 cm³/mol. The Morgan fingerprint density at radius 1 is 1.20 bits per heavy atom. The van der Waals surface area contributed by atoms with Gasteiger partial charge >= 0.3 is 0 Å². The van der Waals surface area contributed by atoms with Gasteiger partial charge in [0.1, 0.15) is 0 Å². The molecule has 0 aromatic rings. The van der Waals surface area contributed by atoms with E-state index in [1.54, 1.807) is 13.8 Å².